The van der Waals surface area contributed by atoms with Gasteiger partial charge in [0.05, 0.1) is 4.90 Å². The lowest BCUT2D eigenvalue weighted by molar-refractivity contribution is 0.0963. The summed E-state index contributed by atoms with van der Waals surface area (Å²) in [5.74, 6) is -0.268. The first-order valence-electron chi connectivity index (χ1n) is 8.02. The van der Waals surface area contributed by atoms with Gasteiger partial charge in [-0.05, 0) is 80.6 Å². The van der Waals surface area contributed by atoms with Gasteiger partial charge in [-0.25, -0.2) is 8.42 Å². The summed E-state index contributed by atoms with van der Waals surface area (Å²) in [5.41, 5.74) is 5.30. The van der Waals surface area contributed by atoms with E-state index in [2.05, 4.69) is 10.0 Å². The molecule has 1 amide bonds. The van der Waals surface area contributed by atoms with Crippen LogP contribution in [0.25, 0.3) is 0 Å². The second-order valence-corrected chi connectivity index (χ2v) is 7.84. The molecule has 0 radical (unpaired) electrons. The topological polar surface area (TPSA) is 75.3 Å². The monoisotopic (exact) mass is 360 g/mol. The Labute approximate surface area is 149 Å². The highest BCUT2D eigenvalue weighted by molar-refractivity contribution is 7.92. The van der Waals surface area contributed by atoms with Crippen molar-refractivity contribution in [2.45, 2.75) is 39.5 Å². The number of amides is 1. The molecule has 2 rings (SSSR count). The molecule has 2 N–H and O–H groups in total. The van der Waals surface area contributed by atoms with E-state index in [0.29, 0.717) is 16.1 Å². The van der Waals surface area contributed by atoms with Crippen LogP contribution in [0.15, 0.2) is 29.2 Å². The Morgan fingerprint density at radius 2 is 1.40 bits per heavy atom. The fourth-order valence-corrected chi connectivity index (χ4v) is 4.59. The number of sulfonamides is 1. The van der Waals surface area contributed by atoms with E-state index < -0.39 is 10.0 Å². The Morgan fingerprint density at radius 1 is 0.880 bits per heavy atom. The van der Waals surface area contributed by atoms with E-state index in [1.165, 1.54) is 13.1 Å². The first-order chi connectivity index (χ1) is 11.6. The van der Waals surface area contributed by atoms with E-state index in [4.69, 9.17) is 0 Å². The summed E-state index contributed by atoms with van der Waals surface area (Å²) in [4.78, 5) is 12.1. The van der Waals surface area contributed by atoms with E-state index in [-0.39, 0.29) is 5.91 Å². The van der Waals surface area contributed by atoms with Crippen LogP contribution in [0, 0.1) is 34.6 Å². The molecule has 0 aliphatic rings. The summed E-state index contributed by atoms with van der Waals surface area (Å²) in [6.07, 6.45) is 0. The van der Waals surface area contributed by atoms with E-state index in [0.717, 1.165) is 27.8 Å². The molecule has 0 bridgehead atoms. The average molecular weight is 360 g/mol. The van der Waals surface area contributed by atoms with Gasteiger partial charge in [0.25, 0.3) is 15.9 Å². The molecule has 0 unspecified atom stereocenters. The number of nitrogens with one attached hydrogen (secondary N) is 2. The fraction of sp³-hybridized carbons (Fsp3) is 0.316. The number of benzene rings is 2. The first-order valence-corrected chi connectivity index (χ1v) is 9.50. The molecule has 0 heterocycles. The molecule has 0 aliphatic carbocycles. The van der Waals surface area contributed by atoms with Crippen molar-refractivity contribution in [3.05, 3.63) is 57.6 Å². The van der Waals surface area contributed by atoms with Crippen molar-refractivity contribution in [2.24, 2.45) is 0 Å². The van der Waals surface area contributed by atoms with Crippen LogP contribution in [0.2, 0.25) is 0 Å². The Kier molecular flexibility index (Phi) is 5.23. The Hall–Kier alpha value is -2.34. The Bertz CT molecular complexity index is 918. The van der Waals surface area contributed by atoms with E-state index in [9.17, 15) is 13.2 Å². The lowest BCUT2D eigenvalue weighted by Gasteiger charge is -2.19. The molecule has 0 saturated carbocycles. The molecule has 0 spiro atoms. The standard InChI is InChI=1S/C19H24N2O3S/c1-11-12(2)14(4)18(15(5)13(11)3)25(23,24)21-17-9-7-8-16(10-17)19(22)20-6/h7-10,21H,1-6H3,(H,20,22). The molecule has 0 aliphatic heterocycles. The van der Waals surface area contributed by atoms with Gasteiger partial charge in [-0.15, -0.1) is 0 Å². The molecule has 6 heteroatoms. The highest BCUT2D eigenvalue weighted by atomic mass is 32.2. The van der Waals surface area contributed by atoms with Crippen LogP contribution in [-0.2, 0) is 10.0 Å². The zero-order valence-electron chi connectivity index (χ0n) is 15.4. The van der Waals surface area contributed by atoms with Gasteiger partial charge in [-0.2, -0.15) is 0 Å². The number of carbonyl (C=O) groups is 1. The van der Waals surface area contributed by atoms with E-state index in [1.807, 2.05) is 34.6 Å². The fourth-order valence-electron chi connectivity index (χ4n) is 2.94. The SMILES string of the molecule is CNC(=O)c1cccc(NS(=O)(=O)c2c(C)c(C)c(C)c(C)c2C)c1. The summed E-state index contributed by atoms with van der Waals surface area (Å²) in [5, 5.41) is 2.53. The van der Waals surface area contributed by atoms with Gasteiger partial charge in [0.2, 0.25) is 0 Å². The average Bonchev–Trinajstić information content (AvgIpc) is 2.57. The third-order valence-electron chi connectivity index (χ3n) is 4.80. The molecule has 2 aromatic rings. The minimum absolute atomic E-state index is 0.268. The number of carbonyl (C=O) groups excluding carboxylic acids is 1. The normalized spacial score (nSPS) is 11.3. The summed E-state index contributed by atoms with van der Waals surface area (Å²) in [7, 11) is -2.24. The number of hydrogen-bond acceptors (Lipinski definition) is 3. The van der Waals surface area contributed by atoms with Crippen LogP contribution >= 0.6 is 0 Å². The molecule has 0 saturated heterocycles. The van der Waals surface area contributed by atoms with Gasteiger partial charge in [0.1, 0.15) is 0 Å². The third-order valence-corrected chi connectivity index (χ3v) is 6.46. The summed E-state index contributed by atoms with van der Waals surface area (Å²) >= 11 is 0. The maximum absolute atomic E-state index is 13.0. The molecular formula is C19H24N2O3S. The van der Waals surface area contributed by atoms with Gasteiger partial charge in [0, 0.05) is 18.3 Å². The zero-order chi connectivity index (χ0) is 18.9. The second-order valence-electron chi connectivity index (χ2n) is 6.22. The summed E-state index contributed by atoms with van der Waals surface area (Å²) in [6.45, 7) is 9.51. The Morgan fingerprint density at radius 3 is 1.92 bits per heavy atom. The van der Waals surface area contributed by atoms with Gasteiger partial charge >= 0.3 is 0 Å². The third kappa shape index (κ3) is 3.54. The van der Waals surface area contributed by atoms with Gasteiger partial charge in [-0.3, -0.25) is 9.52 Å². The molecule has 5 nitrogen and oxygen atoms in total. The predicted molar refractivity (Wildman–Crippen MR) is 101 cm³/mol. The molecule has 134 valence electrons. The molecular weight excluding hydrogens is 336 g/mol. The van der Waals surface area contributed by atoms with E-state index in [1.54, 1.807) is 18.2 Å². The van der Waals surface area contributed by atoms with Gasteiger partial charge in [-0.1, -0.05) is 6.07 Å². The van der Waals surface area contributed by atoms with Crippen molar-refractivity contribution in [3.8, 4) is 0 Å². The van der Waals surface area contributed by atoms with Crippen molar-refractivity contribution < 1.29 is 13.2 Å². The van der Waals surface area contributed by atoms with Crippen LogP contribution in [-0.4, -0.2) is 21.4 Å². The van der Waals surface area contributed by atoms with Crippen LogP contribution in [0.4, 0.5) is 5.69 Å². The number of anilines is 1. The first kappa shape index (κ1) is 19.0. The lowest BCUT2D eigenvalue weighted by atomic mass is 9.95. The molecule has 0 atom stereocenters. The predicted octanol–water partition coefficient (Wildman–Crippen LogP) is 3.39. The van der Waals surface area contributed by atoms with Crippen molar-refractivity contribution in [1.82, 2.24) is 5.32 Å². The molecule has 0 fully saturated rings. The zero-order valence-corrected chi connectivity index (χ0v) is 16.3. The largest absolute Gasteiger partial charge is 0.355 e. The maximum Gasteiger partial charge on any atom is 0.262 e. The molecule has 25 heavy (non-hydrogen) atoms. The van der Waals surface area contributed by atoms with Crippen LogP contribution in [0.3, 0.4) is 0 Å². The highest BCUT2D eigenvalue weighted by Crippen LogP contribution is 2.30. The van der Waals surface area contributed by atoms with Crippen LogP contribution < -0.4 is 10.0 Å². The molecule has 0 aromatic heterocycles. The lowest BCUT2D eigenvalue weighted by Crippen LogP contribution is -2.20. The minimum atomic E-state index is -3.77. The van der Waals surface area contributed by atoms with Crippen molar-refractivity contribution in [2.75, 3.05) is 11.8 Å². The minimum Gasteiger partial charge on any atom is -0.355 e. The smallest absolute Gasteiger partial charge is 0.262 e. The summed E-state index contributed by atoms with van der Waals surface area (Å²) < 4.78 is 28.6. The van der Waals surface area contributed by atoms with Crippen LogP contribution in [0.1, 0.15) is 38.2 Å². The summed E-state index contributed by atoms with van der Waals surface area (Å²) in [6, 6.07) is 6.43. The highest BCUT2D eigenvalue weighted by Gasteiger charge is 2.24. The molecule has 2 aromatic carbocycles. The van der Waals surface area contributed by atoms with Gasteiger partial charge < -0.3 is 5.32 Å². The van der Waals surface area contributed by atoms with Crippen molar-refractivity contribution >= 4 is 21.6 Å². The number of rotatable bonds is 4. The van der Waals surface area contributed by atoms with Crippen molar-refractivity contribution in [1.29, 1.82) is 0 Å². The quantitative estimate of drug-likeness (QED) is 0.877. The van der Waals surface area contributed by atoms with E-state index >= 15 is 0 Å². The maximum atomic E-state index is 13.0. The Balaban J connectivity index is 2.53. The van der Waals surface area contributed by atoms with Crippen LogP contribution in [0.5, 0.6) is 0 Å². The van der Waals surface area contributed by atoms with Crippen molar-refractivity contribution in [3.63, 3.8) is 0 Å². The second kappa shape index (κ2) is 6.88. The number of hydrogen-bond donors (Lipinski definition) is 2. The van der Waals surface area contributed by atoms with Gasteiger partial charge in [0.15, 0.2) is 0 Å².